The maximum Gasteiger partial charge on any atom is 0.188 e. The summed E-state index contributed by atoms with van der Waals surface area (Å²) in [6, 6.07) is 7.92. The van der Waals surface area contributed by atoms with Crippen LogP contribution in [0, 0.1) is 0 Å². The molecule has 2 aromatic rings. The normalized spacial score (nSPS) is 10.4. The summed E-state index contributed by atoms with van der Waals surface area (Å²) < 4.78 is 2.91. The van der Waals surface area contributed by atoms with Gasteiger partial charge < -0.3 is 0 Å². The van der Waals surface area contributed by atoms with Gasteiger partial charge in [-0.1, -0.05) is 34.1 Å². The summed E-state index contributed by atoms with van der Waals surface area (Å²) >= 11 is 7.69. The van der Waals surface area contributed by atoms with Crippen molar-refractivity contribution >= 4 is 28.6 Å². The number of rotatable bonds is 3. The van der Waals surface area contributed by atoms with E-state index in [1.54, 1.807) is 6.08 Å². The van der Waals surface area contributed by atoms with E-state index in [4.69, 9.17) is 0 Å². The summed E-state index contributed by atoms with van der Waals surface area (Å²) in [5, 5.41) is 8.66. The molecule has 0 N–H and O–H groups in total. The molecular formula is C11H10BrN3S. The van der Waals surface area contributed by atoms with Crippen LogP contribution in [0.4, 0.5) is 0 Å². The summed E-state index contributed by atoms with van der Waals surface area (Å²) in [6.07, 6.45) is 1.80. The fourth-order valence-electron chi connectivity index (χ4n) is 1.43. The average Bonchev–Trinajstić information content (AvgIpc) is 2.61. The van der Waals surface area contributed by atoms with Crippen LogP contribution in [-0.4, -0.2) is 14.8 Å². The van der Waals surface area contributed by atoms with Gasteiger partial charge in [-0.05, 0) is 12.1 Å². The molecule has 0 unspecified atom stereocenters. The Labute approximate surface area is 108 Å². The van der Waals surface area contributed by atoms with Gasteiger partial charge in [0.05, 0.1) is 0 Å². The molecule has 0 fully saturated rings. The molecule has 0 atom stereocenters. The van der Waals surface area contributed by atoms with Gasteiger partial charge in [-0.15, -0.1) is 29.4 Å². The molecule has 2 rings (SSSR count). The zero-order chi connectivity index (χ0) is 11.5. The second-order valence-corrected chi connectivity index (χ2v) is 4.55. The van der Waals surface area contributed by atoms with E-state index >= 15 is 0 Å². The Morgan fingerprint density at radius 1 is 1.44 bits per heavy atom. The summed E-state index contributed by atoms with van der Waals surface area (Å²) in [4.78, 5) is 0. The molecule has 0 radical (unpaired) electrons. The lowest BCUT2D eigenvalue weighted by Gasteiger charge is -2.05. The lowest BCUT2D eigenvalue weighted by Crippen LogP contribution is -1.99. The number of allylic oxidation sites excluding steroid dienone is 1. The van der Waals surface area contributed by atoms with Crippen LogP contribution in [0.15, 0.2) is 46.5 Å². The highest BCUT2D eigenvalue weighted by Gasteiger charge is 2.10. The van der Waals surface area contributed by atoms with Gasteiger partial charge in [-0.3, -0.25) is 4.57 Å². The van der Waals surface area contributed by atoms with Crippen LogP contribution in [-0.2, 0) is 6.54 Å². The Morgan fingerprint density at radius 3 is 2.94 bits per heavy atom. The highest BCUT2D eigenvalue weighted by Crippen LogP contribution is 2.23. The molecule has 0 aliphatic carbocycles. The molecule has 0 saturated heterocycles. The number of nitrogens with zero attached hydrogens (tertiary/aromatic N) is 3. The molecule has 16 heavy (non-hydrogen) atoms. The molecule has 5 heteroatoms. The third-order valence-electron chi connectivity index (χ3n) is 2.13. The second kappa shape index (κ2) is 4.84. The predicted molar refractivity (Wildman–Crippen MR) is 70.6 cm³/mol. The largest absolute Gasteiger partial charge is 0.298 e. The Morgan fingerprint density at radius 2 is 2.25 bits per heavy atom. The van der Waals surface area contributed by atoms with Crippen LogP contribution in [0.1, 0.15) is 0 Å². The minimum Gasteiger partial charge on any atom is -0.298 e. The molecule has 1 aromatic heterocycles. The first-order chi connectivity index (χ1) is 7.72. The van der Waals surface area contributed by atoms with Crippen molar-refractivity contribution < 1.29 is 0 Å². The Bertz CT molecular complexity index is 522. The summed E-state index contributed by atoms with van der Waals surface area (Å²) in [5.41, 5.74) is 1.00. The van der Waals surface area contributed by atoms with Crippen molar-refractivity contribution in [3.63, 3.8) is 0 Å². The number of thiol groups is 1. The van der Waals surface area contributed by atoms with Gasteiger partial charge in [-0.25, -0.2) is 0 Å². The van der Waals surface area contributed by atoms with Crippen LogP contribution < -0.4 is 0 Å². The van der Waals surface area contributed by atoms with Crippen molar-refractivity contribution in [2.24, 2.45) is 0 Å². The molecule has 1 aromatic carbocycles. The number of hydrogen-bond donors (Lipinski definition) is 1. The minimum atomic E-state index is 0.592. The molecule has 3 nitrogen and oxygen atoms in total. The number of halogens is 1. The average molecular weight is 296 g/mol. The molecule has 1 heterocycles. The van der Waals surface area contributed by atoms with Crippen LogP contribution in [0.2, 0.25) is 0 Å². The maximum absolute atomic E-state index is 4.26. The number of hydrogen-bond acceptors (Lipinski definition) is 3. The van der Waals surface area contributed by atoms with E-state index in [2.05, 4.69) is 45.3 Å². The zero-order valence-electron chi connectivity index (χ0n) is 8.47. The maximum atomic E-state index is 4.26. The fourth-order valence-corrected chi connectivity index (χ4v) is 2.05. The monoisotopic (exact) mass is 295 g/mol. The molecule has 0 bridgehead atoms. The van der Waals surface area contributed by atoms with Gasteiger partial charge >= 0.3 is 0 Å². The van der Waals surface area contributed by atoms with E-state index in [1.807, 2.05) is 28.8 Å². The quantitative estimate of drug-likeness (QED) is 0.696. The standard InChI is InChI=1S/C11H10BrN3S/c1-2-6-15-10(13-14-11(15)16)8-4-3-5-9(12)7-8/h2-5,7H,1,6H2,(H,14,16). The highest BCUT2D eigenvalue weighted by molar-refractivity contribution is 9.10. The first-order valence-electron chi connectivity index (χ1n) is 4.71. The third-order valence-corrected chi connectivity index (χ3v) is 2.95. The van der Waals surface area contributed by atoms with Gasteiger partial charge in [0.15, 0.2) is 11.0 Å². The SMILES string of the molecule is C=CCn1c(S)nnc1-c1cccc(Br)c1. The van der Waals surface area contributed by atoms with Crippen molar-refractivity contribution in [3.05, 3.63) is 41.4 Å². The Kier molecular flexibility index (Phi) is 3.46. The predicted octanol–water partition coefficient (Wildman–Crippen LogP) is 3.18. The summed E-state index contributed by atoms with van der Waals surface area (Å²) in [5.74, 6) is 0.797. The molecule has 0 saturated carbocycles. The van der Waals surface area contributed by atoms with Crippen LogP contribution in [0.25, 0.3) is 11.4 Å². The van der Waals surface area contributed by atoms with Gasteiger partial charge in [-0.2, -0.15) is 0 Å². The fraction of sp³-hybridized carbons (Fsp3) is 0.0909. The first-order valence-corrected chi connectivity index (χ1v) is 5.95. The molecule has 0 aliphatic rings. The van der Waals surface area contributed by atoms with Gasteiger partial charge in [0.1, 0.15) is 0 Å². The van der Waals surface area contributed by atoms with Crippen molar-refractivity contribution in [2.45, 2.75) is 11.7 Å². The van der Waals surface area contributed by atoms with Gasteiger partial charge in [0.2, 0.25) is 0 Å². The molecule has 82 valence electrons. The Balaban J connectivity index is 2.51. The van der Waals surface area contributed by atoms with Crippen molar-refractivity contribution in [2.75, 3.05) is 0 Å². The van der Waals surface area contributed by atoms with Crippen LogP contribution in [0.5, 0.6) is 0 Å². The Hall–Kier alpha value is -1.07. The smallest absolute Gasteiger partial charge is 0.188 e. The van der Waals surface area contributed by atoms with E-state index < -0.39 is 0 Å². The van der Waals surface area contributed by atoms with E-state index in [-0.39, 0.29) is 0 Å². The van der Waals surface area contributed by atoms with Crippen molar-refractivity contribution in [1.29, 1.82) is 0 Å². The van der Waals surface area contributed by atoms with E-state index in [0.717, 1.165) is 15.9 Å². The summed E-state index contributed by atoms with van der Waals surface area (Å²) in [6.45, 7) is 4.36. The number of benzene rings is 1. The molecule has 0 spiro atoms. The summed E-state index contributed by atoms with van der Waals surface area (Å²) in [7, 11) is 0. The zero-order valence-corrected chi connectivity index (χ0v) is 10.9. The first kappa shape index (κ1) is 11.4. The van der Waals surface area contributed by atoms with E-state index in [0.29, 0.717) is 11.7 Å². The van der Waals surface area contributed by atoms with Crippen molar-refractivity contribution in [1.82, 2.24) is 14.8 Å². The highest BCUT2D eigenvalue weighted by atomic mass is 79.9. The number of aromatic nitrogens is 3. The molecule has 0 amide bonds. The topological polar surface area (TPSA) is 30.7 Å². The molecular weight excluding hydrogens is 286 g/mol. The molecule has 0 aliphatic heterocycles. The van der Waals surface area contributed by atoms with Gasteiger partial charge in [0.25, 0.3) is 0 Å². The lowest BCUT2D eigenvalue weighted by molar-refractivity contribution is 0.734. The van der Waals surface area contributed by atoms with E-state index in [1.165, 1.54) is 0 Å². The van der Waals surface area contributed by atoms with Gasteiger partial charge in [0, 0.05) is 16.6 Å². The lowest BCUT2D eigenvalue weighted by atomic mass is 10.2. The van der Waals surface area contributed by atoms with Crippen molar-refractivity contribution in [3.8, 4) is 11.4 Å². The minimum absolute atomic E-state index is 0.592. The second-order valence-electron chi connectivity index (χ2n) is 3.23. The van der Waals surface area contributed by atoms with E-state index in [9.17, 15) is 0 Å². The van der Waals surface area contributed by atoms with Crippen LogP contribution in [0.3, 0.4) is 0 Å². The van der Waals surface area contributed by atoms with Crippen LogP contribution >= 0.6 is 28.6 Å². The third kappa shape index (κ3) is 2.20.